The van der Waals surface area contributed by atoms with Crippen LogP contribution in [0.1, 0.15) is 62.8 Å². The predicted octanol–water partition coefficient (Wildman–Crippen LogP) is 6.46. The molecule has 1 unspecified atom stereocenters. The summed E-state index contributed by atoms with van der Waals surface area (Å²) in [5.41, 5.74) is 9.81. The van der Waals surface area contributed by atoms with Gasteiger partial charge in [-0.25, -0.2) is 0 Å². The van der Waals surface area contributed by atoms with E-state index in [-0.39, 0.29) is 11.5 Å². The summed E-state index contributed by atoms with van der Waals surface area (Å²) in [4.78, 5) is 12.6. The molecule has 0 aliphatic carbocycles. The van der Waals surface area contributed by atoms with Crippen LogP contribution in [-0.2, 0) is 10.2 Å². The Bertz CT molecular complexity index is 887. The van der Waals surface area contributed by atoms with Gasteiger partial charge in [0.15, 0.2) is 0 Å². The lowest BCUT2D eigenvalue weighted by molar-refractivity contribution is -0.126. The summed E-state index contributed by atoms with van der Waals surface area (Å²) >= 11 is 0. The molecule has 0 saturated heterocycles. The monoisotopic (exact) mass is 399 g/mol. The molecule has 0 fully saturated rings. The standard InChI is InChI=1S/C28H33NO/c1-27(2,3)25(30)20-13-21-28(23-16-9-5-10-17-23,24-18-11-6-12-19-24)26(29)22-14-7-4-8-15-22/h4-12,14-19,26H,13,20-21,29H2,1-3H3. The second kappa shape index (κ2) is 9.40. The Labute approximate surface area is 181 Å². The van der Waals surface area contributed by atoms with Gasteiger partial charge in [0, 0.05) is 23.3 Å². The van der Waals surface area contributed by atoms with Crippen molar-refractivity contribution in [2.45, 2.75) is 51.5 Å². The third-order valence-corrected chi connectivity index (χ3v) is 6.08. The molecular weight excluding hydrogens is 366 g/mol. The number of Topliss-reactive ketones (excluding diaryl/α,β-unsaturated/α-hetero) is 1. The van der Waals surface area contributed by atoms with Crippen LogP contribution in [0, 0.1) is 5.41 Å². The second-order valence-electron chi connectivity index (χ2n) is 9.12. The zero-order chi connectivity index (χ0) is 21.6. The number of ketones is 1. The molecule has 1 atom stereocenters. The number of hydrogen-bond acceptors (Lipinski definition) is 2. The van der Waals surface area contributed by atoms with E-state index in [0.29, 0.717) is 12.2 Å². The van der Waals surface area contributed by atoms with Gasteiger partial charge in [0.2, 0.25) is 0 Å². The van der Waals surface area contributed by atoms with E-state index < -0.39 is 5.41 Å². The van der Waals surface area contributed by atoms with Crippen molar-refractivity contribution < 1.29 is 4.79 Å². The molecule has 0 saturated carbocycles. The number of nitrogens with two attached hydrogens (primary N) is 1. The Hall–Kier alpha value is -2.71. The maximum Gasteiger partial charge on any atom is 0.138 e. The quantitative estimate of drug-likeness (QED) is 0.472. The van der Waals surface area contributed by atoms with Gasteiger partial charge in [-0.2, -0.15) is 0 Å². The van der Waals surface area contributed by atoms with E-state index >= 15 is 0 Å². The van der Waals surface area contributed by atoms with Gasteiger partial charge in [-0.1, -0.05) is 112 Å². The molecule has 3 rings (SSSR count). The van der Waals surface area contributed by atoms with Gasteiger partial charge in [-0.05, 0) is 29.5 Å². The van der Waals surface area contributed by atoms with E-state index in [1.165, 1.54) is 11.1 Å². The average Bonchev–Trinajstić information content (AvgIpc) is 2.77. The molecule has 0 aromatic heterocycles. The first-order valence-electron chi connectivity index (χ1n) is 10.8. The summed E-state index contributed by atoms with van der Waals surface area (Å²) in [6.45, 7) is 5.98. The van der Waals surface area contributed by atoms with E-state index in [4.69, 9.17) is 5.73 Å². The molecule has 0 amide bonds. The smallest absolute Gasteiger partial charge is 0.138 e. The maximum absolute atomic E-state index is 12.6. The average molecular weight is 400 g/mol. The lowest BCUT2D eigenvalue weighted by Gasteiger charge is -2.41. The molecule has 2 heteroatoms. The lowest BCUT2D eigenvalue weighted by Crippen LogP contribution is -2.40. The Kier molecular flexibility index (Phi) is 6.89. The van der Waals surface area contributed by atoms with Gasteiger partial charge >= 0.3 is 0 Å². The van der Waals surface area contributed by atoms with Crippen LogP contribution in [0.3, 0.4) is 0 Å². The van der Waals surface area contributed by atoms with Gasteiger partial charge in [0.05, 0.1) is 0 Å². The highest BCUT2D eigenvalue weighted by molar-refractivity contribution is 5.83. The third kappa shape index (κ3) is 4.71. The summed E-state index contributed by atoms with van der Waals surface area (Å²) in [7, 11) is 0. The Morgan fingerprint density at radius 1 is 0.767 bits per heavy atom. The summed E-state index contributed by atoms with van der Waals surface area (Å²) in [5.74, 6) is 0.297. The van der Waals surface area contributed by atoms with Crippen LogP contribution in [-0.4, -0.2) is 5.78 Å². The molecule has 0 aliphatic heterocycles. The molecule has 3 aromatic rings. The third-order valence-electron chi connectivity index (χ3n) is 6.08. The van der Waals surface area contributed by atoms with E-state index in [1.54, 1.807) is 0 Å². The minimum absolute atomic E-state index is 0.228. The van der Waals surface area contributed by atoms with Crippen LogP contribution in [0.4, 0.5) is 0 Å². The molecule has 3 aromatic carbocycles. The SMILES string of the molecule is CC(C)(C)C(=O)CCCC(c1ccccc1)(c1ccccc1)C(N)c1ccccc1. The van der Waals surface area contributed by atoms with E-state index in [1.807, 2.05) is 51.1 Å². The van der Waals surface area contributed by atoms with E-state index in [2.05, 4.69) is 60.7 Å². The fourth-order valence-electron chi connectivity index (χ4n) is 4.29. The van der Waals surface area contributed by atoms with Crippen LogP contribution >= 0.6 is 0 Å². The number of benzene rings is 3. The summed E-state index contributed by atoms with van der Waals surface area (Å²) < 4.78 is 0. The topological polar surface area (TPSA) is 43.1 Å². The molecule has 30 heavy (non-hydrogen) atoms. The summed E-state index contributed by atoms with van der Waals surface area (Å²) in [5, 5.41) is 0. The van der Waals surface area contributed by atoms with Crippen LogP contribution in [0.15, 0.2) is 91.0 Å². The predicted molar refractivity (Wildman–Crippen MR) is 125 cm³/mol. The number of hydrogen-bond donors (Lipinski definition) is 1. The van der Waals surface area contributed by atoms with Gasteiger partial charge in [0.1, 0.15) is 5.78 Å². The highest BCUT2D eigenvalue weighted by Gasteiger charge is 2.40. The Morgan fingerprint density at radius 3 is 1.63 bits per heavy atom. The molecule has 0 aliphatic rings. The fraction of sp³-hybridized carbons (Fsp3) is 0.321. The van der Waals surface area contributed by atoms with Crippen LogP contribution in [0.25, 0.3) is 0 Å². The van der Waals surface area contributed by atoms with Crippen molar-refractivity contribution in [2.75, 3.05) is 0 Å². The normalized spacial score (nSPS) is 13.1. The van der Waals surface area contributed by atoms with Crippen molar-refractivity contribution in [1.82, 2.24) is 0 Å². The van der Waals surface area contributed by atoms with Crippen molar-refractivity contribution >= 4 is 5.78 Å². The highest BCUT2D eigenvalue weighted by atomic mass is 16.1. The minimum atomic E-state index is -0.415. The molecule has 0 heterocycles. The van der Waals surface area contributed by atoms with Crippen LogP contribution in [0.5, 0.6) is 0 Å². The van der Waals surface area contributed by atoms with Gasteiger partial charge in [-0.3, -0.25) is 4.79 Å². The van der Waals surface area contributed by atoms with Crippen molar-refractivity contribution in [2.24, 2.45) is 11.1 Å². The van der Waals surface area contributed by atoms with Gasteiger partial charge in [0.25, 0.3) is 0 Å². The highest BCUT2D eigenvalue weighted by Crippen LogP contribution is 2.46. The Balaban J connectivity index is 2.09. The first-order valence-corrected chi connectivity index (χ1v) is 10.8. The van der Waals surface area contributed by atoms with Crippen molar-refractivity contribution in [1.29, 1.82) is 0 Å². The molecule has 2 N–H and O–H groups in total. The number of rotatable bonds is 8. The molecule has 156 valence electrons. The lowest BCUT2D eigenvalue weighted by atomic mass is 9.64. The summed E-state index contributed by atoms with van der Waals surface area (Å²) in [6, 6.07) is 31.1. The zero-order valence-electron chi connectivity index (χ0n) is 18.3. The molecule has 0 bridgehead atoms. The van der Waals surface area contributed by atoms with Crippen molar-refractivity contribution in [3.8, 4) is 0 Å². The van der Waals surface area contributed by atoms with Crippen molar-refractivity contribution in [3.63, 3.8) is 0 Å². The molecule has 0 spiro atoms. The second-order valence-corrected chi connectivity index (χ2v) is 9.12. The van der Waals surface area contributed by atoms with Crippen LogP contribution in [0.2, 0.25) is 0 Å². The largest absolute Gasteiger partial charge is 0.323 e. The zero-order valence-corrected chi connectivity index (χ0v) is 18.3. The van der Waals surface area contributed by atoms with E-state index in [0.717, 1.165) is 18.4 Å². The first-order chi connectivity index (χ1) is 14.4. The van der Waals surface area contributed by atoms with Gasteiger partial charge in [-0.15, -0.1) is 0 Å². The Morgan fingerprint density at radius 2 is 1.20 bits per heavy atom. The molecular formula is C28H33NO. The molecule has 0 radical (unpaired) electrons. The van der Waals surface area contributed by atoms with Crippen molar-refractivity contribution in [3.05, 3.63) is 108 Å². The van der Waals surface area contributed by atoms with E-state index in [9.17, 15) is 4.79 Å². The first kappa shape index (κ1) is 22.0. The maximum atomic E-state index is 12.6. The number of carbonyl (C=O) groups is 1. The summed E-state index contributed by atoms with van der Waals surface area (Å²) in [6.07, 6.45) is 2.16. The molecule has 2 nitrogen and oxygen atoms in total. The number of carbonyl (C=O) groups excluding carboxylic acids is 1. The van der Waals surface area contributed by atoms with Gasteiger partial charge < -0.3 is 5.73 Å². The van der Waals surface area contributed by atoms with Crippen LogP contribution < -0.4 is 5.73 Å². The fourth-order valence-corrected chi connectivity index (χ4v) is 4.29. The minimum Gasteiger partial charge on any atom is -0.323 e.